The predicted molar refractivity (Wildman–Crippen MR) is 80.5 cm³/mol. The molecule has 20 heavy (non-hydrogen) atoms. The van der Waals surface area contributed by atoms with E-state index in [0.29, 0.717) is 16.4 Å². The Kier molecular flexibility index (Phi) is 4.70. The molecule has 0 aliphatic carbocycles. The van der Waals surface area contributed by atoms with Crippen molar-refractivity contribution in [1.82, 2.24) is 0 Å². The molecule has 0 radical (unpaired) electrons. The van der Waals surface area contributed by atoms with Crippen LogP contribution in [0.2, 0.25) is 15.1 Å². The van der Waals surface area contributed by atoms with Gasteiger partial charge in [-0.1, -0.05) is 40.9 Å². The Hall–Kier alpha value is -1.49. The fraction of sp³-hybridized carbons (Fsp3) is 0. The van der Waals surface area contributed by atoms with Crippen LogP contribution in [-0.2, 0) is 0 Å². The second kappa shape index (κ2) is 6.31. The highest BCUT2D eigenvalue weighted by molar-refractivity contribution is 6.44. The highest BCUT2D eigenvalue weighted by Gasteiger charge is 2.09. The molecule has 0 heterocycles. The van der Waals surface area contributed by atoms with Gasteiger partial charge in [-0.25, -0.2) is 9.18 Å². The molecule has 2 N–H and O–H groups in total. The summed E-state index contributed by atoms with van der Waals surface area (Å²) in [5.74, 6) is -0.560. The molecule has 0 saturated heterocycles. The predicted octanol–water partition coefficient (Wildman–Crippen LogP) is 5.43. The number of urea groups is 1. The van der Waals surface area contributed by atoms with E-state index < -0.39 is 11.8 Å². The number of rotatable bonds is 2. The normalized spacial score (nSPS) is 10.2. The molecule has 104 valence electrons. The largest absolute Gasteiger partial charge is 0.323 e. The lowest BCUT2D eigenvalue weighted by Crippen LogP contribution is -2.19. The van der Waals surface area contributed by atoms with Gasteiger partial charge < -0.3 is 10.6 Å². The summed E-state index contributed by atoms with van der Waals surface area (Å²) >= 11 is 17.4. The number of nitrogens with one attached hydrogen (secondary N) is 2. The van der Waals surface area contributed by atoms with Crippen molar-refractivity contribution < 1.29 is 9.18 Å². The zero-order valence-electron chi connectivity index (χ0n) is 9.88. The van der Waals surface area contributed by atoms with E-state index in [1.165, 1.54) is 12.1 Å². The first-order valence-electron chi connectivity index (χ1n) is 5.44. The van der Waals surface area contributed by atoms with E-state index in [4.69, 9.17) is 34.8 Å². The molecule has 3 nitrogen and oxygen atoms in total. The molecule has 0 aromatic heterocycles. The van der Waals surface area contributed by atoms with Crippen molar-refractivity contribution in [2.75, 3.05) is 10.6 Å². The quantitative estimate of drug-likeness (QED) is 0.756. The van der Waals surface area contributed by atoms with Crippen molar-refractivity contribution in [3.8, 4) is 0 Å². The lowest BCUT2D eigenvalue weighted by molar-refractivity contribution is 0.262. The number of hydrogen-bond donors (Lipinski definition) is 2. The fourth-order valence-corrected chi connectivity index (χ4v) is 1.99. The minimum absolute atomic E-state index is 0.0800. The summed E-state index contributed by atoms with van der Waals surface area (Å²) < 4.78 is 13.0. The van der Waals surface area contributed by atoms with Crippen LogP contribution in [0, 0.1) is 5.82 Å². The Morgan fingerprint density at radius 3 is 2.45 bits per heavy atom. The van der Waals surface area contributed by atoms with Gasteiger partial charge in [0.15, 0.2) is 0 Å². The lowest BCUT2D eigenvalue weighted by Gasteiger charge is -2.10. The molecule has 0 aliphatic heterocycles. The Balaban J connectivity index is 2.09. The molecule has 7 heteroatoms. The molecule has 2 rings (SSSR count). The lowest BCUT2D eigenvalue weighted by atomic mass is 10.3. The van der Waals surface area contributed by atoms with Gasteiger partial charge in [0.2, 0.25) is 0 Å². The van der Waals surface area contributed by atoms with Gasteiger partial charge in [0.1, 0.15) is 5.82 Å². The van der Waals surface area contributed by atoms with Crippen molar-refractivity contribution in [2.45, 2.75) is 0 Å². The van der Waals surface area contributed by atoms with E-state index in [2.05, 4.69) is 10.6 Å². The van der Waals surface area contributed by atoms with E-state index >= 15 is 0 Å². The summed E-state index contributed by atoms with van der Waals surface area (Å²) in [6, 6.07) is 8.16. The average molecular weight is 334 g/mol. The van der Waals surface area contributed by atoms with E-state index in [0.717, 1.165) is 6.07 Å². The van der Waals surface area contributed by atoms with Gasteiger partial charge in [0.05, 0.1) is 20.8 Å². The molecular weight excluding hydrogens is 326 g/mol. The van der Waals surface area contributed by atoms with Crippen molar-refractivity contribution in [3.63, 3.8) is 0 Å². The molecule has 0 atom stereocenters. The van der Waals surface area contributed by atoms with Gasteiger partial charge in [-0.3, -0.25) is 0 Å². The summed E-state index contributed by atoms with van der Waals surface area (Å²) in [7, 11) is 0. The molecule has 2 aromatic rings. The van der Waals surface area contributed by atoms with Gasteiger partial charge in [0, 0.05) is 5.69 Å². The third-order valence-electron chi connectivity index (χ3n) is 2.38. The number of carbonyl (C=O) groups excluding carboxylic acids is 1. The van der Waals surface area contributed by atoms with Gasteiger partial charge in [-0.05, 0) is 30.3 Å². The number of carbonyl (C=O) groups is 1. The van der Waals surface area contributed by atoms with Crippen LogP contribution in [0.25, 0.3) is 0 Å². The van der Waals surface area contributed by atoms with Crippen LogP contribution in [0.3, 0.4) is 0 Å². The summed E-state index contributed by atoms with van der Waals surface area (Å²) in [6.07, 6.45) is 0. The minimum Gasteiger partial charge on any atom is -0.308 e. The van der Waals surface area contributed by atoms with Gasteiger partial charge in [-0.2, -0.15) is 0 Å². The Labute approximate surface area is 129 Å². The minimum atomic E-state index is -0.560. The van der Waals surface area contributed by atoms with Crippen LogP contribution >= 0.6 is 34.8 Å². The standard InChI is InChI=1S/C13H8Cl3FN2O/c14-8-2-1-3-11(12(8)16)19-13(20)18-7-4-5-10(17)9(15)6-7/h1-6H,(H2,18,19,20). The second-order valence-corrected chi connectivity index (χ2v) is 5.00. The third-order valence-corrected chi connectivity index (χ3v) is 3.49. The molecular formula is C13H8Cl3FN2O. The number of halogens is 4. The fourth-order valence-electron chi connectivity index (χ4n) is 1.46. The van der Waals surface area contributed by atoms with E-state index in [1.54, 1.807) is 18.2 Å². The molecule has 0 bridgehead atoms. The smallest absolute Gasteiger partial charge is 0.308 e. The van der Waals surface area contributed by atoms with Crippen molar-refractivity contribution in [1.29, 1.82) is 0 Å². The zero-order valence-corrected chi connectivity index (χ0v) is 12.2. The SMILES string of the molecule is O=C(Nc1ccc(F)c(Cl)c1)Nc1cccc(Cl)c1Cl. The third kappa shape index (κ3) is 3.54. The first-order valence-corrected chi connectivity index (χ1v) is 6.58. The number of amides is 2. The van der Waals surface area contributed by atoms with E-state index in [-0.39, 0.29) is 10.0 Å². The first kappa shape index (κ1) is 14.9. The van der Waals surface area contributed by atoms with Crippen LogP contribution in [0.15, 0.2) is 36.4 Å². The topological polar surface area (TPSA) is 41.1 Å². The summed E-state index contributed by atoms with van der Waals surface area (Å²) in [4.78, 5) is 11.8. The highest BCUT2D eigenvalue weighted by Crippen LogP contribution is 2.29. The van der Waals surface area contributed by atoms with Crippen molar-refractivity contribution in [2.24, 2.45) is 0 Å². The Morgan fingerprint density at radius 1 is 1.00 bits per heavy atom. The maximum atomic E-state index is 13.0. The van der Waals surface area contributed by atoms with Gasteiger partial charge in [0.25, 0.3) is 0 Å². The summed E-state index contributed by atoms with van der Waals surface area (Å²) in [6.45, 7) is 0. The zero-order chi connectivity index (χ0) is 14.7. The molecule has 0 spiro atoms. The number of anilines is 2. The number of benzene rings is 2. The van der Waals surface area contributed by atoms with E-state index in [9.17, 15) is 9.18 Å². The molecule has 0 aliphatic rings. The van der Waals surface area contributed by atoms with E-state index in [1.807, 2.05) is 0 Å². The van der Waals surface area contributed by atoms with Crippen molar-refractivity contribution >= 4 is 52.2 Å². The molecule has 0 saturated carbocycles. The molecule has 2 aromatic carbocycles. The Morgan fingerprint density at radius 2 is 1.75 bits per heavy atom. The van der Waals surface area contributed by atoms with Crippen molar-refractivity contribution in [3.05, 3.63) is 57.3 Å². The van der Waals surface area contributed by atoms with Crippen LogP contribution in [0.5, 0.6) is 0 Å². The van der Waals surface area contributed by atoms with Crippen LogP contribution in [0.4, 0.5) is 20.6 Å². The molecule has 0 fully saturated rings. The Bertz CT molecular complexity index is 664. The second-order valence-electron chi connectivity index (χ2n) is 3.81. The number of hydrogen-bond acceptors (Lipinski definition) is 1. The highest BCUT2D eigenvalue weighted by atomic mass is 35.5. The summed E-state index contributed by atoms with van der Waals surface area (Å²) in [5.41, 5.74) is 0.719. The maximum Gasteiger partial charge on any atom is 0.323 e. The molecule has 0 unspecified atom stereocenters. The van der Waals surface area contributed by atoms with Crippen LogP contribution in [-0.4, -0.2) is 6.03 Å². The summed E-state index contributed by atoms with van der Waals surface area (Å²) in [5, 5.41) is 5.52. The monoisotopic (exact) mass is 332 g/mol. The maximum absolute atomic E-state index is 13.0. The average Bonchev–Trinajstić information content (AvgIpc) is 2.39. The first-order chi connectivity index (χ1) is 9.47. The van der Waals surface area contributed by atoms with Gasteiger partial charge >= 0.3 is 6.03 Å². The molecule has 2 amide bonds. The van der Waals surface area contributed by atoms with Gasteiger partial charge in [-0.15, -0.1) is 0 Å². The van der Waals surface area contributed by atoms with Crippen LogP contribution in [0.1, 0.15) is 0 Å². The van der Waals surface area contributed by atoms with Crippen LogP contribution < -0.4 is 10.6 Å².